The van der Waals surface area contributed by atoms with Crippen molar-refractivity contribution < 1.29 is 9.59 Å². The molecule has 0 heterocycles. The second kappa shape index (κ2) is 6.05. The Morgan fingerprint density at radius 3 is 2.57 bits per heavy atom. The highest BCUT2D eigenvalue weighted by Gasteiger charge is 2.69. The molecule has 0 aromatic carbocycles. The highest BCUT2D eigenvalue weighted by atomic mass is 16.1. The number of rotatable bonds is 1. The van der Waals surface area contributed by atoms with Gasteiger partial charge in [0, 0.05) is 11.8 Å². The SMILES string of the molecule is CC(=O)[C@]12CCCC[C@@H]1C[C@H]1[C@@H]3C[C@@H](C)C4=CC(=O)CC[C@]4(C)[C@H]3CC[C@@]12C. The molecule has 0 saturated heterocycles. The zero-order valence-electron chi connectivity index (χ0n) is 18.4. The topological polar surface area (TPSA) is 34.1 Å². The van der Waals surface area contributed by atoms with Crippen LogP contribution in [0.1, 0.15) is 91.9 Å². The van der Waals surface area contributed by atoms with Crippen LogP contribution in [0.4, 0.5) is 0 Å². The summed E-state index contributed by atoms with van der Waals surface area (Å²) in [5, 5.41) is 0. The Kier molecular flexibility index (Phi) is 4.12. The number of ketones is 2. The standard InChI is InChI=1S/C26H38O2/c1-16-13-20-21(24(3)11-8-19(28)15-22(16)24)9-12-25(4)23(20)14-18-7-5-6-10-26(18,25)17(2)27/h15-16,18,20-21,23H,5-14H2,1-4H3/t16-,18-,20-,21+,23+,24-,25+,26-/m1/s1. The molecule has 0 aliphatic heterocycles. The molecule has 0 unspecified atom stereocenters. The molecule has 0 N–H and O–H groups in total. The summed E-state index contributed by atoms with van der Waals surface area (Å²) in [5.74, 6) is 4.16. The summed E-state index contributed by atoms with van der Waals surface area (Å²) >= 11 is 0. The number of fused-ring (bicyclic) bond motifs is 7. The molecule has 2 heteroatoms. The molecule has 0 spiro atoms. The third-order valence-electron chi connectivity index (χ3n) is 10.9. The molecule has 2 nitrogen and oxygen atoms in total. The summed E-state index contributed by atoms with van der Waals surface area (Å²) in [5.41, 5.74) is 1.84. The minimum absolute atomic E-state index is 0.0380. The van der Waals surface area contributed by atoms with Crippen LogP contribution in [0.3, 0.4) is 0 Å². The first-order valence-electron chi connectivity index (χ1n) is 12.0. The van der Waals surface area contributed by atoms with Crippen molar-refractivity contribution in [1.82, 2.24) is 0 Å². The Hall–Kier alpha value is -0.920. The van der Waals surface area contributed by atoms with Crippen molar-refractivity contribution in [3.8, 4) is 0 Å². The number of carbonyl (C=O) groups excluding carboxylic acids is 2. The van der Waals surface area contributed by atoms with Gasteiger partial charge in [-0.05, 0) is 98.4 Å². The molecule has 5 aliphatic carbocycles. The molecule has 5 rings (SSSR count). The first-order valence-corrected chi connectivity index (χ1v) is 12.0. The average Bonchev–Trinajstić information content (AvgIpc) is 2.94. The van der Waals surface area contributed by atoms with Gasteiger partial charge in [0.1, 0.15) is 5.78 Å². The number of allylic oxidation sites excluding steroid dienone is 1. The van der Waals surface area contributed by atoms with E-state index in [-0.39, 0.29) is 16.2 Å². The quantitative estimate of drug-likeness (QED) is 0.546. The molecule has 5 aliphatic rings. The van der Waals surface area contributed by atoms with E-state index in [4.69, 9.17) is 0 Å². The Morgan fingerprint density at radius 1 is 1.04 bits per heavy atom. The summed E-state index contributed by atoms with van der Waals surface area (Å²) < 4.78 is 0. The van der Waals surface area contributed by atoms with Gasteiger partial charge in [-0.15, -0.1) is 0 Å². The fraction of sp³-hybridized carbons (Fsp3) is 0.846. The molecule has 0 aromatic heterocycles. The van der Waals surface area contributed by atoms with E-state index in [0.29, 0.717) is 35.2 Å². The number of hydrogen-bond acceptors (Lipinski definition) is 2. The van der Waals surface area contributed by atoms with E-state index >= 15 is 0 Å². The van der Waals surface area contributed by atoms with Crippen LogP contribution in [0.25, 0.3) is 0 Å². The predicted molar refractivity (Wildman–Crippen MR) is 112 cm³/mol. The normalized spacial score (nSPS) is 52.8. The van der Waals surface area contributed by atoms with Crippen LogP contribution in [0, 0.1) is 45.8 Å². The number of carbonyl (C=O) groups is 2. The van der Waals surface area contributed by atoms with Crippen molar-refractivity contribution in [2.24, 2.45) is 45.8 Å². The van der Waals surface area contributed by atoms with E-state index in [9.17, 15) is 9.59 Å². The van der Waals surface area contributed by atoms with Crippen LogP contribution in [-0.2, 0) is 9.59 Å². The summed E-state index contributed by atoms with van der Waals surface area (Å²) in [6.07, 6.45) is 13.8. The van der Waals surface area contributed by atoms with Crippen LogP contribution < -0.4 is 0 Å². The first-order chi connectivity index (χ1) is 13.2. The monoisotopic (exact) mass is 382 g/mol. The van der Waals surface area contributed by atoms with E-state index in [1.165, 1.54) is 50.5 Å². The molecule has 0 amide bonds. The van der Waals surface area contributed by atoms with Crippen LogP contribution in [-0.4, -0.2) is 11.6 Å². The van der Waals surface area contributed by atoms with Gasteiger partial charge < -0.3 is 0 Å². The Balaban J connectivity index is 1.57. The van der Waals surface area contributed by atoms with E-state index in [1.807, 2.05) is 13.0 Å². The number of hydrogen-bond donors (Lipinski definition) is 0. The van der Waals surface area contributed by atoms with Crippen LogP contribution in [0.15, 0.2) is 11.6 Å². The molecule has 8 atom stereocenters. The second-order valence-corrected chi connectivity index (χ2v) is 11.7. The van der Waals surface area contributed by atoms with Gasteiger partial charge in [-0.3, -0.25) is 9.59 Å². The lowest BCUT2D eigenvalue weighted by Crippen LogP contribution is -2.56. The van der Waals surface area contributed by atoms with Gasteiger partial charge in [-0.1, -0.05) is 39.2 Å². The van der Waals surface area contributed by atoms with Gasteiger partial charge in [0.2, 0.25) is 0 Å². The maximum Gasteiger partial charge on any atom is 0.155 e. The van der Waals surface area contributed by atoms with Crippen molar-refractivity contribution in [3.63, 3.8) is 0 Å². The third-order valence-corrected chi connectivity index (χ3v) is 10.9. The molecule has 4 saturated carbocycles. The van der Waals surface area contributed by atoms with Crippen LogP contribution in [0.2, 0.25) is 0 Å². The van der Waals surface area contributed by atoms with Crippen LogP contribution >= 0.6 is 0 Å². The second-order valence-electron chi connectivity index (χ2n) is 11.7. The molecule has 0 radical (unpaired) electrons. The Morgan fingerprint density at radius 2 is 1.82 bits per heavy atom. The third kappa shape index (κ3) is 2.16. The minimum atomic E-state index is -0.0380. The van der Waals surface area contributed by atoms with E-state index in [1.54, 1.807) is 0 Å². The zero-order valence-corrected chi connectivity index (χ0v) is 18.4. The van der Waals surface area contributed by atoms with Gasteiger partial charge >= 0.3 is 0 Å². The van der Waals surface area contributed by atoms with Crippen molar-refractivity contribution >= 4 is 11.6 Å². The van der Waals surface area contributed by atoms with Gasteiger partial charge in [-0.2, -0.15) is 0 Å². The highest BCUT2D eigenvalue weighted by Crippen LogP contribution is 2.74. The van der Waals surface area contributed by atoms with E-state index in [0.717, 1.165) is 25.2 Å². The first kappa shape index (κ1) is 19.1. The lowest BCUT2D eigenvalue weighted by Gasteiger charge is -2.61. The summed E-state index contributed by atoms with van der Waals surface area (Å²) in [6, 6.07) is 0. The zero-order chi connectivity index (χ0) is 19.9. The van der Waals surface area contributed by atoms with Crippen molar-refractivity contribution in [2.75, 3.05) is 0 Å². The van der Waals surface area contributed by atoms with Crippen molar-refractivity contribution in [1.29, 1.82) is 0 Å². The van der Waals surface area contributed by atoms with E-state index in [2.05, 4.69) is 20.8 Å². The van der Waals surface area contributed by atoms with Gasteiger partial charge in [0.15, 0.2) is 5.78 Å². The van der Waals surface area contributed by atoms with Gasteiger partial charge in [-0.25, -0.2) is 0 Å². The fourth-order valence-electron chi connectivity index (χ4n) is 9.78. The van der Waals surface area contributed by atoms with Crippen LogP contribution in [0.5, 0.6) is 0 Å². The highest BCUT2D eigenvalue weighted by molar-refractivity contribution is 5.91. The Bertz CT molecular complexity index is 750. The summed E-state index contributed by atoms with van der Waals surface area (Å²) in [6.45, 7) is 9.28. The largest absolute Gasteiger partial charge is 0.299 e. The molecule has 0 aromatic rings. The summed E-state index contributed by atoms with van der Waals surface area (Å²) in [7, 11) is 0. The fourth-order valence-corrected chi connectivity index (χ4v) is 9.78. The maximum absolute atomic E-state index is 13.2. The molecular formula is C26H38O2. The molecular weight excluding hydrogens is 344 g/mol. The Labute approximate surface area is 170 Å². The van der Waals surface area contributed by atoms with E-state index < -0.39 is 0 Å². The predicted octanol–water partition coefficient (Wildman–Crippen LogP) is 6.14. The van der Waals surface area contributed by atoms with Crippen molar-refractivity contribution in [2.45, 2.75) is 91.9 Å². The smallest absolute Gasteiger partial charge is 0.155 e. The van der Waals surface area contributed by atoms with Gasteiger partial charge in [0.05, 0.1) is 0 Å². The molecule has 154 valence electrons. The molecule has 4 fully saturated rings. The van der Waals surface area contributed by atoms with Gasteiger partial charge in [0.25, 0.3) is 0 Å². The summed E-state index contributed by atoms with van der Waals surface area (Å²) in [4.78, 5) is 25.3. The molecule has 28 heavy (non-hydrogen) atoms. The lowest BCUT2D eigenvalue weighted by atomic mass is 9.43. The van der Waals surface area contributed by atoms with Crippen molar-refractivity contribution in [3.05, 3.63) is 11.6 Å². The minimum Gasteiger partial charge on any atom is -0.299 e. The number of Topliss-reactive ketones (excluding diaryl/α,β-unsaturated/α-hetero) is 1. The lowest BCUT2D eigenvalue weighted by molar-refractivity contribution is -0.149. The average molecular weight is 383 g/mol. The molecule has 0 bridgehead atoms. The maximum atomic E-state index is 13.2.